The van der Waals surface area contributed by atoms with Crippen molar-refractivity contribution in [2.75, 3.05) is 7.11 Å². The fraction of sp³-hybridized carbons (Fsp3) is 0.118. The van der Waals surface area contributed by atoms with Crippen LogP contribution in [0.4, 0.5) is 5.69 Å². The number of thiophene rings is 1. The van der Waals surface area contributed by atoms with Gasteiger partial charge >= 0.3 is 5.97 Å². The van der Waals surface area contributed by atoms with Crippen molar-refractivity contribution < 1.29 is 19.2 Å². The van der Waals surface area contributed by atoms with Gasteiger partial charge in [-0.2, -0.15) is 0 Å². The normalized spacial score (nSPS) is 16.3. The summed E-state index contributed by atoms with van der Waals surface area (Å²) >= 11 is 6.60. The summed E-state index contributed by atoms with van der Waals surface area (Å²) in [5.41, 5.74) is 0.745. The van der Waals surface area contributed by atoms with Gasteiger partial charge in [0.15, 0.2) is 5.11 Å². The first-order valence-electron chi connectivity index (χ1n) is 7.65. The van der Waals surface area contributed by atoms with Crippen LogP contribution >= 0.6 is 23.6 Å². The highest BCUT2D eigenvalue weighted by atomic mass is 32.1. The monoisotopic (exact) mass is 403 g/mol. The largest absolute Gasteiger partial charge is 0.463 e. The van der Waals surface area contributed by atoms with E-state index in [-0.39, 0.29) is 16.4 Å². The van der Waals surface area contributed by atoms with Gasteiger partial charge in [-0.25, -0.2) is 4.79 Å². The lowest BCUT2D eigenvalue weighted by molar-refractivity contribution is -0.384. The maximum atomic E-state index is 12.8. The van der Waals surface area contributed by atoms with Gasteiger partial charge in [-0.3, -0.25) is 14.9 Å². The lowest BCUT2D eigenvalue weighted by Gasteiger charge is -2.30. The smallest absolute Gasteiger partial charge is 0.379 e. The quantitative estimate of drug-likeness (QED) is 0.257. The Balaban J connectivity index is 2.21. The van der Waals surface area contributed by atoms with Crippen LogP contribution < -0.4 is 10.6 Å². The first-order valence-corrected chi connectivity index (χ1v) is 8.93. The van der Waals surface area contributed by atoms with Gasteiger partial charge in [0.2, 0.25) is 0 Å². The predicted octanol–water partition coefficient (Wildman–Crippen LogP) is 2.33. The second kappa shape index (κ2) is 7.64. The van der Waals surface area contributed by atoms with Gasteiger partial charge in [0.1, 0.15) is 0 Å². The van der Waals surface area contributed by atoms with Gasteiger partial charge in [0, 0.05) is 12.1 Å². The van der Waals surface area contributed by atoms with Gasteiger partial charge in [-0.15, -0.1) is 11.3 Å². The minimum atomic E-state index is -1.04. The highest BCUT2D eigenvalue weighted by Crippen LogP contribution is 2.34. The zero-order valence-electron chi connectivity index (χ0n) is 13.9. The molecule has 0 radical (unpaired) electrons. The second-order valence-electron chi connectivity index (χ2n) is 5.47. The summed E-state index contributed by atoms with van der Waals surface area (Å²) in [6.07, 6.45) is 0. The number of nitro benzene ring substituents is 1. The number of nitrogens with one attached hydrogen (secondary N) is 2. The average molecular weight is 403 g/mol. The average Bonchev–Trinajstić information content (AvgIpc) is 3.21. The van der Waals surface area contributed by atoms with E-state index in [0.717, 1.165) is 7.11 Å². The lowest BCUT2D eigenvalue weighted by atomic mass is 9.91. The molecule has 1 aliphatic rings. The highest BCUT2D eigenvalue weighted by molar-refractivity contribution is 7.80. The van der Waals surface area contributed by atoms with E-state index in [2.05, 4.69) is 15.4 Å². The third-order valence-corrected chi connectivity index (χ3v) is 4.98. The third kappa shape index (κ3) is 3.71. The molecule has 1 aromatic heterocycles. The summed E-state index contributed by atoms with van der Waals surface area (Å²) in [7, 11) is 1.11. The molecule has 0 fully saturated rings. The number of benzene rings is 1. The van der Waals surface area contributed by atoms with E-state index in [1.807, 2.05) is 5.38 Å². The number of nitrogens with zero attached hydrogens (tertiary/aromatic N) is 1. The number of rotatable bonds is 5. The van der Waals surface area contributed by atoms with Crippen molar-refractivity contribution in [1.29, 1.82) is 0 Å². The number of esters is 1. The zero-order valence-corrected chi connectivity index (χ0v) is 15.6. The topological polar surface area (TPSA) is 111 Å². The molecule has 1 aliphatic heterocycles. The first kappa shape index (κ1) is 18.7. The number of Topliss-reactive ketones (excluding diaryl/α,β-unsaturated/α-hetero) is 1. The van der Waals surface area contributed by atoms with Crippen LogP contribution in [0.5, 0.6) is 0 Å². The molecule has 2 heterocycles. The number of non-ortho nitro benzene ring substituents is 1. The molecule has 0 bridgehead atoms. The maximum Gasteiger partial charge on any atom is 0.379 e. The van der Waals surface area contributed by atoms with Crippen LogP contribution in [0.15, 0.2) is 47.4 Å². The molecule has 0 unspecified atom stereocenters. The number of carbonyl (C=O) groups excluding carboxylic acids is 2. The van der Waals surface area contributed by atoms with Crippen LogP contribution in [0.2, 0.25) is 0 Å². The molecule has 8 nitrogen and oxygen atoms in total. The third-order valence-electron chi connectivity index (χ3n) is 3.87. The molecule has 3 rings (SSSR count). The summed E-state index contributed by atoms with van der Waals surface area (Å²) in [6.45, 7) is 0. The zero-order chi connectivity index (χ0) is 19.6. The van der Waals surface area contributed by atoms with E-state index in [0.29, 0.717) is 16.1 Å². The van der Waals surface area contributed by atoms with E-state index in [1.165, 1.54) is 29.5 Å². The van der Waals surface area contributed by atoms with Crippen LogP contribution in [0, 0.1) is 10.1 Å². The Labute approximate surface area is 163 Å². The standard InChI is InChI=1S/C17H13N3O5S2/c1-25-16(22)15(21)12-13(9-4-2-5-10(8-9)20(23)24)18-17(26)19-14(12)11-6-3-7-27-11/h2-8,13H,1H3,(H2,18,19,26)/t13-/m0/s1. The minimum absolute atomic E-state index is 0.0818. The molecule has 0 spiro atoms. The number of hydrogen-bond donors (Lipinski definition) is 2. The molecule has 1 atom stereocenters. The van der Waals surface area contributed by atoms with Gasteiger partial charge in [-0.05, 0) is 29.2 Å². The number of thiocarbonyl (C=S) groups is 1. The number of ether oxygens (including phenoxy) is 1. The number of carbonyl (C=O) groups is 2. The van der Waals surface area contributed by atoms with Crippen LogP contribution in [-0.4, -0.2) is 28.9 Å². The lowest BCUT2D eigenvalue weighted by Crippen LogP contribution is -2.45. The Morgan fingerprint density at radius 2 is 2.07 bits per heavy atom. The van der Waals surface area contributed by atoms with Crippen molar-refractivity contribution in [1.82, 2.24) is 10.6 Å². The predicted molar refractivity (Wildman–Crippen MR) is 103 cm³/mol. The van der Waals surface area contributed by atoms with E-state index in [4.69, 9.17) is 12.2 Å². The second-order valence-corrected chi connectivity index (χ2v) is 6.83. The highest BCUT2D eigenvalue weighted by Gasteiger charge is 2.36. The van der Waals surface area contributed by atoms with Crippen LogP contribution in [0.3, 0.4) is 0 Å². The minimum Gasteiger partial charge on any atom is -0.463 e. The molecule has 2 aromatic rings. The number of nitro groups is 1. The molecule has 0 aliphatic carbocycles. The summed E-state index contributed by atoms with van der Waals surface area (Å²) in [5.74, 6) is -1.90. The molecule has 27 heavy (non-hydrogen) atoms. The van der Waals surface area contributed by atoms with Gasteiger partial charge in [0.25, 0.3) is 11.5 Å². The van der Waals surface area contributed by atoms with E-state index in [9.17, 15) is 19.7 Å². The summed E-state index contributed by atoms with van der Waals surface area (Å²) in [5, 5.41) is 19.0. The summed E-state index contributed by atoms with van der Waals surface area (Å²) in [6, 6.07) is 8.53. The van der Waals surface area contributed by atoms with Crippen molar-refractivity contribution in [3.63, 3.8) is 0 Å². The maximum absolute atomic E-state index is 12.8. The summed E-state index contributed by atoms with van der Waals surface area (Å²) < 4.78 is 4.59. The SMILES string of the molecule is COC(=O)C(=O)C1=C(c2cccs2)NC(=S)N[C@H]1c1cccc([N+](=O)[O-])c1. The Morgan fingerprint density at radius 3 is 2.70 bits per heavy atom. The summed E-state index contributed by atoms with van der Waals surface area (Å²) in [4.78, 5) is 36.0. The van der Waals surface area contributed by atoms with E-state index in [1.54, 1.807) is 18.2 Å². The molecular weight excluding hydrogens is 390 g/mol. The van der Waals surface area contributed by atoms with Crippen molar-refractivity contribution >= 4 is 51.8 Å². The molecule has 138 valence electrons. The van der Waals surface area contributed by atoms with Crippen molar-refractivity contribution in [3.8, 4) is 0 Å². The van der Waals surface area contributed by atoms with Crippen molar-refractivity contribution in [3.05, 3.63) is 67.9 Å². The molecule has 10 heteroatoms. The molecular formula is C17H13N3O5S2. The van der Waals surface area contributed by atoms with E-state index >= 15 is 0 Å². The Bertz CT molecular complexity index is 969. The fourth-order valence-corrected chi connectivity index (χ4v) is 3.65. The van der Waals surface area contributed by atoms with E-state index < -0.39 is 22.7 Å². The Hall–Kier alpha value is -3.11. The molecule has 0 saturated heterocycles. The number of hydrogen-bond acceptors (Lipinski definition) is 7. The molecule has 2 N–H and O–H groups in total. The van der Waals surface area contributed by atoms with Gasteiger partial charge in [0.05, 0.1) is 34.2 Å². The number of ketones is 1. The van der Waals surface area contributed by atoms with Crippen LogP contribution in [-0.2, 0) is 14.3 Å². The van der Waals surface area contributed by atoms with Gasteiger partial charge < -0.3 is 15.4 Å². The fourth-order valence-electron chi connectivity index (χ4n) is 2.69. The molecule has 1 aromatic carbocycles. The molecule has 0 saturated carbocycles. The van der Waals surface area contributed by atoms with Crippen molar-refractivity contribution in [2.24, 2.45) is 0 Å². The Morgan fingerprint density at radius 1 is 1.30 bits per heavy atom. The first-order chi connectivity index (χ1) is 12.9. The Kier molecular flexibility index (Phi) is 5.28. The van der Waals surface area contributed by atoms with Crippen LogP contribution in [0.1, 0.15) is 16.5 Å². The van der Waals surface area contributed by atoms with Crippen LogP contribution in [0.25, 0.3) is 5.70 Å². The molecule has 0 amide bonds. The van der Waals surface area contributed by atoms with Crippen molar-refractivity contribution in [2.45, 2.75) is 6.04 Å². The number of methoxy groups -OCH3 is 1. The van der Waals surface area contributed by atoms with Gasteiger partial charge in [-0.1, -0.05) is 18.2 Å².